The number of hydrogen-bond donors (Lipinski definition) is 0. The Balaban J connectivity index is 2.62. The molecule has 1 rings (SSSR count). The van der Waals surface area contributed by atoms with Gasteiger partial charge in [0.25, 0.3) is 0 Å². The summed E-state index contributed by atoms with van der Waals surface area (Å²) in [6.07, 6.45) is 1.88. The number of halogens is 1. The third-order valence-electron chi connectivity index (χ3n) is 2.00. The van der Waals surface area contributed by atoms with Crippen LogP contribution in [-0.4, -0.2) is 34.9 Å². The molecule has 5 heteroatoms. The first-order chi connectivity index (χ1) is 7.67. The van der Waals surface area contributed by atoms with Gasteiger partial charge in [-0.15, -0.1) is 0 Å². The number of aliphatic imine (C=N–C) groups is 1. The number of pyridine rings is 1. The summed E-state index contributed by atoms with van der Waals surface area (Å²) >= 11 is 5.08. The van der Waals surface area contributed by atoms with Crippen LogP contribution in [0, 0.1) is 0 Å². The van der Waals surface area contributed by atoms with Crippen molar-refractivity contribution in [2.24, 2.45) is 4.99 Å². The van der Waals surface area contributed by atoms with Crippen molar-refractivity contribution in [2.45, 2.75) is 13.5 Å². The Kier molecular flexibility index (Phi) is 5.84. The Hall–Kier alpha value is -0.550. The van der Waals surface area contributed by atoms with Gasteiger partial charge >= 0.3 is 0 Å². The van der Waals surface area contributed by atoms with Gasteiger partial charge in [-0.1, -0.05) is 24.8 Å². The minimum absolute atomic E-state index is 0.833. The van der Waals surface area contributed by atoms with Crippen molar-refractivity contribution in [3.8, 4) is 0 Å². The van der Waals surface area contributed by atoms with Crippen LogP contribution in [-0.2, 0) is 6.54 Å². The van der Waals surface area contributed by atoms with Crippen LogP contribution < -0.4 is 0 Å². The molecule has 0 fully saturated rings. The average Bonchev–Trinajstić information content (AvgIpc) is 2.29. The predicted molar refractivity (Wildman–Crippen MR) is 74.9 cm³/mol. The van der Waals surface area contributed by atoms with Crippen LogP contribution >= 0.6 is 27.7 Å². The molecular formula is C11H16BrN3S. The van der Waals surface area contributed by atoms with Gasteiger partial charge in [0.15, 0.2) is 5.17 Å². The summed E-state index contributed by atoms with van der Waals surface area (Å²) < 4.78 is 0.867. The number of amidine groups is 1. The van der Waals surface area contributed by atoms with Crippen LogP contribution in [0.2, 0.25) is 0 Å². The summed E-state index contributed by atoms with van der Waals surface area (Å²) in [6, 6.07) is 4.02. The van der Waals surface area contributed by atoms with Crippen molar-refractivity contribution >= 4 is 32.9 Å². The van der Waals surface area contributed by atoms with Crippen LogP contribution in [0.1, 0.15) is 12.5 Å². The summed E-state index contributed by atoms with van der Waals surface area (Å²) in [6.45, 7) is 2.96. The molecule has 0 saturated carbocycles. The highest BCUT2D eigenvalue weighted by Crippen LogP contribution is 2.12. The van der Waals surface area contributed by atoms with Gasteiger partial charge in [-0.25, -0.2) is 4.98 Å². The second kappa shape index (κ2) is 6.91. The molecule has 0 bridgehead atoms. The number of aromatic nitrogens is 1. The first kappa shape index (κ1) is 13.5. The SMILES string of the molecule is CCSC(=NC)N(C)Cc1ccc(Br)nc1. The highest BCUT2D eigenvalue weighted by atomic mass is 79.9. The van der Waals surface area contributed by atoms with Gasteiger partial charge in [0.05, 0.1) is 0 Å². The summed E-state index contributed by atoms with van der Waals surface area (Å²) in [7, 11) is 3.88. The topological polar surface area (TPSA) is 28.5 Å². The molecule has 88 valence electrons. The second-order valence-corrected chi connectivity index (χ2v) is 5.33. The normalized spacial score (nSPS) is 11.6. The van der Waals surface area contributed by atoms with Crippen LogP contribution in [0.5, 0.6) is 0 Å². The summed E-state index contributed by atoms with van der Waals surface area (Å²) in [5, 5.41) is 1.06. The lowest BCUT2D eigenvalue weighted by Crippen LogP contribution is -2.23. The monoisotopic (exact) mass is 301 g/mol. The Morgan fingerprint density at radius 2 is 2.31 bits per heavy atom. The van der Waals surface area contributed by atoms with E-state index in [1.54, 1.807) is 11.8 Å². The molecule has 1 heterocycles. The molecule has 0 atom stereocenters. The van der Waals surface area contributed by atoms with E-state index in [4.69, 9.17) is 0 Å². The Morgan fingerprint density at radius 3 is 2.81 bits per heavy atom. The van der Waals surface area contributed by atoms with Crippen LogP contribution in [0.4, 0.5) is 0 Å². The van der Waals surface area contributed by atoms with Crippen molar-refractivity contribution in [2.75, 3.05) is 19.8 Å². The van der Waals surface area contributed by atoms with E-state index in [0.29, 0.717) is 0 Å². The summed E-state index contributed by atoms with van der Waals surface area (Å²) in [5.74, 6) is 1.04. The van der Waals surface area contributed by atoms with Gasteiger partial charge in [-0.05, 0) is 33.3 Å². The van der Waals surface area contributed by atoms with E-state index in [2.05, 4.69) is 43.8 Å². The molecule has 0 aliphatic heterocycles. The Labute approximate surface area is 109 Å². The van der Waals surface area contributed by atoms with Gasteiger partial charge in [0, 0.05) is 26.8 Å². The van der Waals surface area contributed by atoms with E-state index in [-0.39, 0.29) is 0 Å². The van der Waals surface area contributed by atoms with Crippen molar-refractivity contribution in [3.05, 3.63) is 28.5 Å². The van der Waals surface area contributed by atoms with Gasteiger partial charge in [-0.3, -0.25) is 4.99 Å². The minimum atomic E-state index is 0.833. The Bertz CT molecular complexity index is 351. The lowest BCUT2D eigenvalue weighted by molar-refractivity contribution is 0.509. The number of rotatable bonds is 3. The largest absolute Gasteiger partial charge is 0.350 e. The van der Waals surface area contributed by atoms with Crippen molar-refractivity contribution < 1.29 is 0 Å². The van der Waals surface area contributed by atoms with Gasteiger partial charge in [-0.2, -0.15) is 0 Å². The smallest absolute Gasteiger partial charge is 0.158 e. The van der Waals surface area contributed by atoms with Crippen LogP contribution in [0.3, 0.4) is 0 Å². The molecule has 0 amide bonds. The lowest BCUT2D eigenvalue weighted by atomic mass is 10.3. The van der Waals surface area contributed by atoms with E-state index in [0.717, 1.165) is 22.1 Å². The molecule has 0 aliphatic rings. The van der Waals surface area contributed by atoms with E-state index in [9.17, 15) is 0 Å². The fourth-order valence-corrected chi connectivity index (χ4v) is 2.22. The molecule has 0 aliphatic carbocycles. The third kappa shape index (κ3) is 4.14. The first-order valence-corrected chi connectivity index (χ1v) is 6.86. The standard InChI is InChI=1S/C11H16BrN3S/c1-4-16-11(13-2)15(3)8-9-5-6-10(12)14-7-9/h5-7H,4,8H2,1-3H3. The number of thioether (sulfide) groups is 1. The van der Waals surface area contributed by atoms with Crippen molar-refractivity contribution in [1.29, 1.82) is 0 Å². The highest BCUT2D eigenvalue weighted by molar-refractivity contribution is 9.10. The summed E-state index contributed by atoms with van der Waals surface area (Å²) in [4.78, 5) is 10.6. The van der Waals surface area contributed by atoms with Crippen molar-refractivity contribution in [3.63, 3.8) is 0 Å². The van der Waals surface area contributed by atoms with Gasteiger partial charge < -0.3 is 4.90 Å². The fraction of sp³-hybridized carbons (Fsp3) is 0.455. The average molecular weight is 302 g/mol. The molecule has 0 spiro atoms. The van der Waals surface area contributed by atoms with Crippen LogP contribution in [0.25, 0.3) is 0 Å². The van der Waals surface area contributed by atoms with E-state index in [1.165, 1.54) is 5.56 Å². The van der Waals surface area contributed by atoms with Gasteiger partial charge in [0.1, 0.15) is 4.60 Å². The molecule has 0 aromatic carbocycles. The molecular weight excluding hydrogens is 286 g/mol. The predicted octanol–water partition coefficient (Wildman–Crippen LogP) is 3.01. The third-order valence-corrected chi connectivity index (χ3v) is 3.51. The van der Waals surface area contributed by atoms with E-state index < -0.39 is 0 Å². The Morgan fingerprint density at radius 1 is 1.56 bits per heavy atom. The van der Waals surface area contributed by atoms with E-state index >= 15 is 0 Å². The maximum atomic E-state index is 4.27. The molecule has 1 aromatic rings. The maximum Gasteiger partial charge on any atom is 0.158 e. The maximum absolute atomic E-state index is 4.27. The lowest BCUT2D eigenvalue weighted by Gasteiger charge is -2.19. The fourth-order valence-electron chi connectivity index (χ4n) is 1.32. The molecule has 16 heavy (non-hydrogen) atoms. The number of hydrogen-bond acceptors (Lipinski definition) is 3. The zero-order valence-corrected chi connectivity index (χ0v) is 12.2. The van der Waals surface area contributed by atoms with E-state index in [1.807, 2.05) is 26.4 Å². The quantitative estimate of drug-likeness (QED) is 0.488. The zero-order chi connectivity index (χ0) is 12.0. The first-order valence-electron chi connectivity index (χ1n) is 5.08. The van der Waals surface area contributed by atoms with Crippen LogP contribution in [0.15, 0.2) is 27.9 Å². The molecule has 0 N–H and O–H groups in total. The van der Waals surface area contributed by atoms with Crippen molar-refractivity contribution in [1.82, 2.24) is 9.88 Å². The molecule has 3 nitrogen and oxygen atoms in total. The van der Waals surface area contributed by atoms with Gasteiger partial charge in [0.2, 0.25) is 0 Å². The minimum Gasteiger partial charge on any atom is -0.350 e. The zero-order valence-electron chi connectivity index (χ0n) is 9.77. The number of nitrogens with zero attached hydrogens (tertiary/aromatic N) is 3. The molecule has 0 unspecified atom stereocenters. The second-order valence-electron chi connectivity index (χ2n) is 3.28. The molecule has 0 radical (unpaired) electrons. The molecule has 0 saturated heterocycles. The summed E-state index contributed by atoms with van der Waals surface area (Å²) in [5.41, 5.74) is 1.18. The molecule has 1 aromatic heterocycles. The highest BCUT2D eigenvalue weighted by Gasteiger charge is 2.06.